The molecule has 3 heterocycles. The summed E-state index contributed by atoms with van der Waals surface area (Å²) in [5, 5.41) is 11.9. The molecule has 11 heteroatoms. The van der Waals surface area contributed by atoms with E-state index < -0.39 is 52.6 Å². The van der Waals surface area contributed by atoms with Crippen LogP contribution < -0.4 is 15.1 Å². The Bertz CT molecular complexity index is 2240. The molecule has 9 nitrogen and oxygen atoms in total. The number of carbonyl (C=O) groups is 4. The zero-order valence-corrected chi connectivity index (χ0v) is 28.3. The highest BCUT2D eigenvalue weighted by molar-refractivity contribution is 6.30. The molecule has 2 aliphatic carbocycles. The van der Waals surface area contributed by atoms with Crippen LogP contribution in [0.1, 0.15) is 24.0 Å². The highest BCUT2D eigenvalue weighted by Gasteiger charge is 2.70. The third kappa shape index (κ3) is 4.66. The number of phenols is 1. The molecule has 1 saturated carbocycles. The Balaban J connectivity index is 1.23. The average molecular weight is 716 g/mol. The number of carbonyl (C=O) groups excluding carboxylic acids is 4. The van der Waals surface area contributed by atoms with Crippen molar-refractivity contribution in [1.29, 1.82) is 0 Å². The van der Waals surface area contributed by atoms with Crippen LogP contribution in [0.4, 0.5) is 15.8 Å². The number of ether oxygens (including phenoxy) is 1. The SMILES string of the molecule is O=C1C2CC3C(=CCC4C(=O)N(c5ccccc5)C(=O)C43)C(C3=COc4ccc(O)cc4C3)C2(c2ccc(Cl)cc2)C(=O)N1Nc1ccc(F)cc1. The summed E-state index contributed by atoms with van der Waals surface area (Å²) in [6.07, 6.45) is 4.26. The monoisotopic (exact) mass is 715 g/mol. The smallest absolute Gasteiger partial charge is 0.260 e. The molecule has 6 atom stereocenters. The van der Waals surface area contributed by atoms with E-state index in [1.165, 1.54) is 35.2 Å². The Morgan fingerprint density at radius 3 is 2.37 bits per heavy atom. The number of nitrogens with one attached hydrogen (secondary N) is 1. The standard InChI is InChI=1S/C41H31ClFN3O6/c42-25-8-6-24(7-9-25)41-33(38(49)46(40(41)51)44-27-12-10-26(43)11-13-27)20-32-30(36(41)23-18-22-19-29(47)14-17-34(22)52-21-23)15-16-31-35(32)39(50)45(37(31)48)28-4-2-1-3-5-28/h1-15,17,19,21,31-33,35-36,44,47H,16,18,20H2. The lowest BCUT2D eigenvalue weighted by atomic mass is 9.48. The summed E-state index contributed by atoms with van der Waals surface area (Å²) in [6, 6.07) is 25.9. The maximum absolute atomic E-state index is 15.3. The number of hydrogen-bond acceptors (Lipinski definition) is 7. The molecule has 0 aromatic heterocycles. The maximum Gasteiger partial charge on any atom is 0.260 e. The highest BCUT2D eigenvalue weighted by Crippen LogP contribution is 2.63. The normalized spacial score (nSPS) is 27.6. The quantitative estimate of drug-likeness (QED) is 0.174. The number of hydrazine groups is 1. The van der Waals surface area contributed by atoms with Gasteiger partial charge < -0.3 is 9.84 Å². The minimum absolute atomic E-state index is 0.0491. The van der Waals surface area contributed by atoms with Gasteiger partial charge in [-0.3, -0.25) is 29.5 Å². The zero-order chi connectivity index (χ0) is 35.9. The number of benzene rings is 4. The minimum Gasteiger partial charge on any atom is -0.508 e. The first-order valence-electron chi connectivity index (χ1n) is 17.1. The molecule has 260 valence electrons. The van der Waals surface area contributed by atoms with Crippen molar-refractivity contribution in [2.75, 3.05) is 10.3 Å². The van der Waals surface area contributed by atoms with Gasteiger partial charge in [0.25, 0.3) is 11.8 Å². The molecule has 6 unspecified atom stereocenters. The van der Waals surface area contributed by atoms with Crippen molar-refractivity contribution in [3.63, 3.8) is 0 Å². The van der Waals surface area contributed by atoms with Crippen molar-refractivity contribution >= 4 is 46.6 Å². The Kier molecular flexibility index (Phi) is 7.38. The van der Waals surface area contributed by atoms with E-state index in [2.05, 4.69) is 5.43 Å². The summed E-state index contributed by atoms with van der Waals surface area (Å²) < 4.78 is 20.0. The summed E-state index contributed by atoms with van der Waals surface area (Å²) in [7, 11) is 0. The molecule has 3 aliphatic heterocycles. The van der Waals surface area contributed by atoms with Crippen molar-refractivity contribution in [1.82, 2.24) is 5.01 Å². The third-order valence-corrected chi connectivity index (χ3v) is 11.7. The number of imide groups is 2. The lowest BCUT2D eigenvalue weighted by Crippen LogP contribution is -2.55. The molecule has 52 heavy (non-hydrogen) atoms. The van der Waals surface area contributed by atoms with Crippen LogP contribution in [-0.2, 0) is 31.0 Å². The summed E-state index contributed by atoms with van der Waals surface area (Å²) in [5.74, 6) is -5.28. The number of halogens is 2. The predicted molar refractivity (Wildman–Crippen MR) is 189 cm³/mol. The second-order valence-electron chi connectivity index (χ2n) is 14.0. The largest absolute Gasteiger partial charge is 0.508 e. The Labute approximate surface area is 302 Å². The summed E-state index contributed by atoms with van der Waals surface area (Å²) >= 11 is 6.38. The zero-order valence-electron chi connectivity index (χ0n) is 27.5. The van der Waals surface area contributed by atoms with Crippen molar-refractivity contribution in [2.45, 2.75) is 24.7 Å². The van der Waals surface area contributed by atoms with E-state index in [1.807, 2.05) is 12.1 Å². The van der Waals surface area contributed by atoms with Crippen LogP contribution in [0.15, 0.2) is 121 Å². The van der Waals surface area contributed by atoms with E-state index in [1.54, 1.807) is 66.9 Å². The first-order chi connectivity index (χ1) is 25.2. The molecule has 4 amide bonds. The van der Waals surface area contributed by atoms with Gasteiger partial charge in [-0.1, -0.05) is 53.6 Å². The lowest BCUT2D eigenvalue weighted by Gasteiger charge is -2.51. The number of phenolic OH excluding ortho intramolecular Hbond substituents is 1. The fourth-order valence-electron chi connectivity index (χ4n) is 9.30. The topological polar surface area (TPSA) is 116 Å². The van der Waals surface area contributed by atoms with Crippen molar-refractivity contribution in [3.05, 3.63) is 143 Å². The second kappa shape index (κ2) is 11.9. The number of allylic oxidation sites excluding steroid dienone is 3. The Morgan fingerprint density at radius 2 is 1.62 bits per heavy atom. The number of amides is 4. The summed E-state index contributed by atoms with van der Waals surface area (Å²) in [5.41, 5.74) is 4.95. The van der Waals surface area contributed by atoms with Crippen molar-refractivity contribution < 1.29 is 33.4 Å². The number of rotatable bonds is 5. The number of fused-ring (bicyclic) bond motifs is 5. The molecule has 2 saturated heterocycles. The van der Waals surface area contributed by atoms with Crippen LogP contribution in [-0.4, -0.2) is 33.7 Å². The van der Waals surface area contributed by atoms with Crippen LogP contribution in [0.2, 0.25) is 5.02 Å². The van der Waals surface area contributed by atoms with E-state index in [4.69, 9.17) is 16.3 Å². The van der Waals surface area contributed by atoms with Crippen LogP contribution in [0.25, 0.3) is 0 Å². The molecular formula is C41H31ClFN3O6. The molecule has 5 aliphatic rings. The summed E-state index contributed by atoms with van der Waals surface area (Å²) in [6.45, 7) is 0. The first kappa shape index (κ1) is 32.2. The lowest BCUT2D eigenvalue weighted by molar-refractivity contribution is -0.139. The number of para-hydroxylation sites is 1. The maximum atomic E-state index is 15.3. The van der Waals surface area contributed by atoms with E-state index in [0.717, 1.165) is 10.6 Å². The number of anilines is 2. The molecule has 4 aromatic carbocycles. The molecule has 0 radical (unpaired) electrons. The van der Waals surface area contributed by atoms with Gasteiger partial charge in [0.2, 0.25) is 11.8 Å². The van der Waals surface area contributed by atoms with Gasteiger partial charge >= 0.3 is 0 Å². The molecule has 0 spiro atoms. The van der Waals surface area contributed by atoms with E-state index in [9.17, 15) is 23.9 Å². The van der Waals surface area contributed by atoms with Gasteiger partial charge in [0.15, 0.2) is 0 Å². The fraction of sp³-hybridized carbons (Fsp3) is 0.220. The molecule has 2 N–H and O–H groups in total. The second-order valence-corrected chi connectivity index (χ2v) is 14.4. The number of aromatic hydroxyl groups is 1. The Morgan fingerprint density at radius 1 is 0.865 bits per heavy atom. The number of nitrogens with zero attached hydrogens (tertiary/aromatic N) is 2. The minimum atomic E-state index is -1.53. The molecule has 0 bridgehead atoms. The van der Waals surface area contributed by atoms with E-state index in [0.29, 0.717) is 38.8 Å². The van der Waals surface area contributed by atoms with Gasteiger partial charge in [-0.2, -0.15) is 5.01 Å². The van der Waals surface area contributed by atoms with Crippen LogP contribution in [0, 0.1) is 35.4 Å². The first-order valence-corrected chi connectivity index (χ1v) is 17.5. The molecule has 4 aromatic rings. The van der Waals surface area contributed by atoms with Gasteiger partial charge in [0.05, 0.1) is 40.8 Å². The van der Waals surface area contributed by atoms with Gasteiger partial charge in [-0.05, 0) is 96.6 Å². The summed E-state index contributed by atoms with van der Waals surface area (Å²) in [4.78, 5) is 59.8. The van der Waals surface area contributed by atoms with Crippen molar-refractivity contribution in [2.24, 2.45) is 29.6 Å². The molecular weight excluding hydrogens is 685 g/mol. The van der Waals surface area contributed by atoms with Crippen LogP contribution in [0.3, 0.4) is 0 Å². The van der Waals surface area contributed by atoms with Crippen LogP contribution in [0.5, 0.6) is 11.5 Å². The highest BCUT2D eigenvalue weighted by atomic mass is 35.5. The van der Waals surface area contributed by atoms with E-state index in [-0.39, 0.29) is 36.8 Å². The van der Waals surface area contributed by atoms with E-state index >= 15 is 4.79 Å². The van der Waals surface area contributed by atoms with Crippen LogP contribution >= 0.6 is 11.6 Å². The predicted octanol–water partition coefficient (Wildman–Crippen LogP) is 6.73. The van der Waals surface area contributed by atoms with Gasteiger partial charge in [0.1, 0.15) is 17.3 Å². The molecule has 3 fully saturated rings. The third-order valence-electron chi connectivity index (χ3n) is 11.4. The number of hydrogen-bond donors (Lipinski definition) is 2. The van der Waals surface area contributed by atoms with Gasteiger partial charge in [-0.15, -0.1) is 0 Å². The van der Waals surface area contributed by atoms with Crippen molar-refractivity contribution in [3.8, 4) is 11.5 Å². The fourth-order valence-corrected chi connectivity index (χ4v) is 9.43. The average Bonchev–Trinajstić information content (AvgIpc) is 3.53. The Hall–Kier alpha value is -5.74. The van der Waals surface area contributed by atoms with Gasteiger partial charge in [-0.25, -0.2) is 4.39 Å². The molecule has 9 rings (SSSR count). The van der Waals surface area contributed by atoms with Gasteiger partial charge in [0, 0.05) is 22.9 Å².